The number of furan rings is 1. The zero-order chi connectivity index (χ0) is 20.4. The van der Waals surface area contributed by atoms with Crippen LogP contribution in [0.2, 0.25) is 0 Å². The van der Waals surface area contributed by atoms with E-state index in [9.17, 15) is 14.4 Å². The number of rotatable bonds is 5. The number of benzene rings is 1. The van der Waals surface area contributed by atoms with Crippen molar-refractivity contribution in [2.24, 2.45) is 0 Å². The molecule has 1 aromatic carbocycles. The maximum absolute atomic E-state index is 13.1. The number of carbonyl (C=O) groups is 3. The Hall–Kier alpha value is -3.09. The van der Waals surface area contributed by atoms with Gasteiger partial charge < -0.3 is 19.5 Å². The molecule has 1 aromatic heterocycles. The van der Waals surface area contributed by atoms with Gasteiger partial charge in [-0.25, -0.2) is 0 Å². The first-order valence-corrected chi connectivity index (χ1v) is 9.93. The van der Waals surface area contributed by atoms with Gasteiger partial charge in [-0.2, -0.15) is 0 Å². The Kier molecular flexibility index (Phi) is 5.13. The molecule has 1 fully saturated rings. The van der Waals surface area contributed by atoms with Crippen molar-refractivity contribution in [3.8, 4) is 0 Å². The number of carbonyl (C=O) groups excluding carboxylic acids is 3. The molecule has 3 amide bonds. The summed E-state index contributed by atoms with van der Waals surface area (Å²) in [5.74, 6) is 0.553. The van der Waals surface area contributed by atoms with Crippen molar-refractivity contribution in [2.75, 3.05) is 13.1 Å². The maximum atomic E-state index is 13.1. The van der Waals surface area contributed by atoms with E-state index in [0.29, 0.717) is 50.3 Å². The molecule has 0 spiro atoms. The van der Waals surface area contributed by atoms with Gasteiger partial charge >= 0.3 is 0 Å². The van der Waals surface area contributed by atoms with Crippen LogP contribution in [0.5, 0.6) is 0 Å². The molecule has 2 aromatic rings. The third-order valence-electron chi connectivity index (χ3n) is 6.06. The fourth-order valence-electron chi connectivity index (χ4n) is 4.38. The number of fused-ring (bicyclic) bond motifs is 1. The molecule has 0 aliphatic carbocycles. The van der Waals surface area contributed by atoms with Crippen LogP contribution in [0.1, 0.15) is 47.9 Å². The molecule has 2 aliphatic rings. The summed E-state index contributed by atoms with van der Waals surface area (Å²) in [6, 6.07) is 11.2. The van der Waals surface area contributed by atoms with Crippen LogP contribution >= 0.6 is 0 Å². The average Bonchev–Trinajstić information content (AvgIpc) is 3.35. The minimum Gasteiger partial charge on any atom is -0.467 e. The van der Waals surface area contributed by atoms with E-state index in [1.807, 2.05) is 35.2 Å². The highest BCUT2D eigenvalue weighted by atomic mass is 16.3. The summed E-state index contributed by atoms with van der Waals surface area (Å²) in [7, 11) is 0. The fourth-order valence-corrected chi connectivity index (χ4v) is 4.38. The van der Waals surface area contributed by atoms with Crippen molar-refractivity contribution >= 4 is 17.7 Å². The van der Waals surface area contributed by atoms with Gasteiger partial charge in [0, 0.05) is 32.1 Å². The van der Waals surface area contributed by atoms with Crippen molar-refractivity contribution in [1.29, 1.82) is 0 Å². The van der Waals surface area contributed by atoms with Crippen molar-refractivity contribution in [2.45, 2.75) is 44.8 Å². The molecule has 0 saturated carbocycles. The molecular weight excluding hydrogens is 370 g/mol. The van der Waals surface area contributed by atoms with Crippen LogP contribution in [0.4, 0.5) is 0 Å². The molecule has 2 aliphatic heterocycles. The van der Waals surface area contributed by atoms with Crippen molar-refractivity contribution < 1.29 is 18.8 Å². The lowest BCUT2D eigenvalue weighted by Crippen LogP contribution is -2.57. The Labute approximate surface area is 169 Å². The van der Waals surface area contributed by atoms with Gasteiger partial charge in [0.05, 0.1) is 24.8 Å². The molecule has 152 valence electrons. The predicted molar refractivity (Wildman–Crippen MR) is 106 cm³/mol. The summed E-state index contributed by atoms with van der Waals surface area (Å²) in [6.45, 7) is 3.46. The standard InChI is InChI=1S/C22H25N3O4/c1-16(26)24-10-8-22(9-11-24,13-20(27)23-14-18-6-4-12-29-18)25-15-17-5-2-3-7-19(17)21(25)28/h2-7,12H,8-11,13-15H2,1H3,(H,23,27). The molecule has 7 heteroatoms. The number of nitrogens with one attached hydrogen (secondary N) is 1. The largest absolute Gasteiger partial charge is 0.467 e. The smallest absolute Gasteiger partial charge is 0.254 e. The summed E-state index contributed by atoms with van der Waals surface area (Å²) >= 11 is 0. The lowest BCUT2D eigenvalue weighted by Gasteiger charge is -2.47. The minimum absolute atomic E-state index is 0.0249. The highest BCUT2D eigenvalue weighted by Gasteiger charge is 2.47. The molecule has 7 nitrogen and oxygen atoms in total. The molecule has 0 unspecified atom stereocenters. The monoisotopic (exact) mass is 395 g/mol. The van der Waals surface area contributed by atoms with E-state index in [1.165, 1.54) is 0 Å². The topological polar surface area (TPSA) is 82.9 Å². The second kappa shape index (κ2) is 7.73. The quantitative estimate of drug-likeness (QED) is 0.842. The van der Waals surface area contributed by atoms with Crippen LogP contribution in [0.3, 0.4) is 0 Å². The van der Waals surface area contributed by atoms with Crippen LogP contribution in [0.25, 0.3) is 0 Å². The number of hydrogen-bond donors (Lipinski definition) is 1. The molecule has 3 heterocycles. The number of likely N-dealkylation sites (tertiary alicyclic amines) is 1. The van der Waals surface area contributed by atoms with E-state index in [-0.39, 0.29) is 24.1 Å². The van der Waals surface area contributed by atoms with E-state index in [2.05, 4.69) is 5.32 Å². The van der Waals surface area contributed by atoms with Crippen LogP contribution < -0.4 is 5.32 Å². The van der Waals surface area contributed by atoms with Gasteiger partial charge in [0.25, 0.3) is 5.91 Å². The SMILES string of the molecule is CC(=O)N1CCC(CC(=O)NCc2ccco2)(N2Cc3ccccc3C2=O)CC1. The van der Waals surface area contributed by atoms with Gasteiger partial charge in [-0.05, 0) is 36.6 Å². The molecule has 0 radical (unpaired) electrons. The lowest BCUT2D eigenvalue weighted by atomic mass is 9.82. The van der Waals surface area contributed by atoms with E-state index in [4.69, 9.17) is 4.42 Å². The Balaban J connectivity index is 1.53. The molecule has 29 heavy (non-hydrogen) atoms. The molecule has 0 atom stereocenters. The van der Waals surface area contributed by atoms with Gasteiger partial charge in [-0.1, -0.05) is 18.2 Å². The van der Waals surface area contributed by atoms with Crippen molar-refractivity contribution in [3.05, 3.63) is 59.5 Å². The number of hydrogen-bond acceptors (Lipinski definition) is 4. The van der Waals surface area contributed by atoms with Gasteiger partial charge in [0.15, 0.2) is 0 Å². The lowest BCUT2D eigenvalue weighted by molar-refractivity contribution is -0.132. The fraction of sp³-hybridized carbons (Fsp3) is 0.409. The molecule has 1 N–H and O–H groups in total. The summed E-state index contributed by atoms with van der Waals surface area (Å²) in [4.78, 5) is 41.4. The zero-order valence-electron chi connectivity index (χ0n) is 16.5. The minimum atomic E-state index is -0.602. The second-order valence-corrected chi connectivity index (χ2v) is 7.81. The molecule has 0 bridgehead atoms. The van der Waals surface area contributed by atoms with Crippen LogP contribution in [-0.4, -0.2) is 46.1 Å². The number of piperidine rings is 1. The first kappa shape index (κ1) is 19.2. The van der Waals surface area contributed by atoms with Crippen LogP contribution in [0.15, 0.2) is 47.1 Å². The first-order chi connectivity index (χ1) is 14.0. The predicted octanol–water partition coefficient (Wildman–Crippen LogP) is 2.32. The van der Waals surface area contributed by atoms with Gasteiger partial charge in [0.2, 0.25) is 11.8 Å². The molecular formula is C22H25N3O4. The summed E-state index contributed by atoms with van der Waals surface area (Å²) in [6.07, 6.45) is 2.95. The Morgan fingerprint density at radius 1 is 1.14 bits per heavy atom. The third kappa shape index (κ3) is 3.77. The Morgan fingerprint density at radius 3 is 2.55 bits per heavy atom. The normalized spacial score (nSPS) is 17.9. The zero-order valence-corrected chi connectivity index (χ0v) is 16.5. The Morgan fingerprint density at radius 2 is 1.90 bits per heavy atom. The van der Waals surface area contributed by atoms with E-state index >= 15 is 0 Å². The first-order valence-electron chi connectivity index (χ1n) is 9.93. The van der Waals surface area contributed by atoms with E-state index in [1.54, 1.807) is 24.2 Å². The third-order valence-corrected chi connectivity index (χ3v) is 6.06. The van der Waals surface area contributed by atoms with E-state index in [0.717, 1.165) is 5.56 Å². The van der Waals surface area contributed by atoms with Gasteiger partial charge in [0.1, 0.15) is 5.76 Å². The van der Waals surface area contributed by atoms with Crippen LogP contribution in [-0.2, 0) is 22.7 Å². The number of amides is 3. The highest BCUT2D eigenvalue weighted by molar-refractivity contribution is 5.99. The molecule has 1 saturated heterocycles. The van der Waals surface area contributed by atoms with Crippen molar-refractivity contribution in [1.82, 2.24) is 15.1 Å². The van der Waals surface area contributed by atoms with Gasteiger partial charge in [-0.15, -0.1) is 0 Å². The van der Waals surface area contributed by atoms with Crippen LogP contribution in [0, 0.1) is 0 Å². The van der Waals surface area contributed by atoms with Gasteiger partial charge in [-0.3, -0.25) is 14.4 Å². The average molecular weight is 395 g/mol. The summed E-state index contributed by atoms with van der Waals surface area (Å²) in [5.41, 5.74) is 1.09. The van der Waals surface area contributed by atoms with Crippen molar-refractivity contribution in [3.63, 3.8) is 0 Å². The Bertz CT molecular complexity index is 914. The second-order valence-electron chi connectivity index (χ2n) is 7.81. The number of nitrogens with zero attached hydrogens (tertiary/aromatic N) is 2. The summed E-state index contributed by atoms with van der Waals surface area (Å²) in [5, 5.41) is 2.90. The highest BCUT2D eigenvalue weighted by Crippen LogP contribution is 2.38. The maximum Gasteiger partial charge on any atom is 0.254 e. The molecule has 4 rings (SSSR count). The van der Waals surface area contributed by atoms with E-state index < -0.39 is 5.54 Å². The summed E-state index contributed by atoms with van der Waals surface area (Å²) < 4.78 is 5.28.